The molecule has 1 atom stereocenters. The van der Waals surface area contributed by atoms with Gasteiger partial charge in [0.1, 0.15) is 5.69 Å². The van der Waals surface area contributed by atoms with Gasteiger partial charge in [0.15, 0.2) is 0 Å². The number of aliphatic hydroxyl groups excluding tert-OH is 1. The molecule has 0 aliphatic carbocycles. The summed E-state index contributed by atoms with van der Waals surface area (Å²) in [7, 11) is 0. The van der Waals surface area contributed by atoms with E-state index in [9.17, 15) is 18.3 Å². The Kier molecular flexibility index (Phi) is 5.79. The maximum atomic E-state index is 12.8. The maximum absolute atomic E-state index is 12.8. The Hall–Kier alpha value is -3.45. The number of rotatable bonds is 6. The lowest BCUT2D eigenvalue weighted by molar-refractivity contribution is -0.141. The van der Waals surface area contributed by atoms with E-state index in [2.05, 4.69) is 20.4 Å². The van der Waals surface area contributed by atoms with Crippen LogP contribution in [0.1, 0.15) is 17.7 Å². The number of hydrogen-bond donors (Lipinski definition) is 2. The molecule has 0 aliphatic heterocycles. The third-order valence-electron chi connectivity index (χ3n) is 3.97. The second kappa shape index (κ2) is 8.28. The topological polar surface area (TPSA) is 99.7 Å². The Balaban J connectivity index is 1.82. The lowest BCUT2D eigenvalue weighted by Crippen LogP contribution is -2.15. The number of aromatic nitrogens is 4. The van der Waals surface area contributed by atoms with E-state index >= 15 is 0 Å². The van der Waals surface area contributed by atoms with Gasteiger partial charge < -0.3 is 10.4 Å². The normalized spacial score (nSPS) is 12.4. The standard InChI is InChI=1S/C19H17F3N6O/c1-12-6-13(14-9-25-28(10-14)11-16(29)2-4-23)8-15(7-12)26-18-24-5-3-17(27-18)19(20,21)22/h3,5-10,16,29H,2,11H2,1H3,(H,24,26,27)/t16-/m0/s1. The smallest absolute Gasteiger partial charge is 0.390 e. The molecule has 0 fully saturated rings. The molecule has 7 nitrogen and oxygen atoms in total. The van der Waals surface area contributed by atoms with Gasteiger partial charge in [0.25, 0.3) is 0 Å². The van der Waals surface area contributed by atoms with Gasteiger partial charge in [-0.2, -0.15) is 23.5 Å². The molecule has 0 spiro atoms. The summed E-state index contributed by atoms with van der Waals surface area (Å²) in [5.74, 6) is -0.160. The van der Waals surface area contributed by atoms with Gasteiger partial charge in [-0.3, -0.25) is 4.68 Å². The van der Waals surface area contributed by atoms with Crippen LogP contribution < -0.4 is 5.32 Å². The predicted molar refractivity (Wildman–Crippen MR) is 99.0 cm³/mol. The van der Waals surface area contributed by atoms with Crippen molar-refractivity contribution in [3.8, 4) is 17.2 Å². The first-order valence-corrected chi connectivity index (χ1v) is 8.61. The number of halogens is 3. The second-order valence-electron chi connectivity index (χ2n) is 6.44. The minimum absolute atomic E-state index is 0.00466. The van der Waals surface area contributed by atoms with Crippen molar-refractivity contribution in [3.63, 3.8) is 0 Å². The lowest BCUT2D eigenvalue weighted by Gasteiger charge is -2.10. The molecule has 150 valence electrons. The zero-order valence-electron chi connectivity index (χ0n) is 15.4. The molecule has 0 radical (unpaired) electrons. The molecule has 0 amide bonds. The molecular weight excluding hydrogens is 385 g/mol. The number of nitrogens with one attached hydrogen (secondary N) is 1. The van der Waals surface area contributed by atoms with E-state index in [0.717, 1.165) is 29.0 Å². The van der Waals surface area contributed by atoms with Crippen molar-refractivity contribution in [2.75, 3.05) is 5.32 Å². The molecule has 3 aromatic rings. The fraction of sp³-hybridized carbons (Fsp3) is 0.263. The monoisotopic (exact) mass is 402 g/mol. The number of aryl methyl sites for hydroxylation is 1. The van der Waals surface area contributed by atoms with Crippen LogP contribution in [0, 0.1) is 18.3 Å². The molecule has 0 saturated heterocycles. The van der Waals surface area contributed by atoms with E-state index in [1.54, 1.807) is 24.5 Å². The molecule has 2 heterocycles. The highest BCUT2D eigenvalue weighted by Crippen LogP contribution is 2.29. The van der Waals surface area contributed by atoms with Crippen LogP contribution in [-0.2, 0) is 12.7 Å². The SMILES string of the molecule is Cc1cc(Nc2nccc(C(F)(F)F)n2)cc(-c2cnn(C[C@@H](O)CC#N)c2)c1. The van der Waals surface area contributed by atoms with Crippen molar-refractivity contribution < 1.29 is 18.3 Å². The van der Waals surface area contributed by atoms with E-state index in [4.69, 9.17) is 5.26 Å². The molecular formula is C19H17F3N6O. The lowest BCUT2D eigenvalue weighted by atomic mass is 10.1. The largest absolute Gasteiger partial charge is 0.433 e. The zero-order valence-corrected chi connectivity index (χ0v) is 15.4. The first kappa shape index (κ1) is 20.3. The van der Waals surface area contributed by atoms with Crippen LogP contribution in [0.15, 0.2) is 42.9 Å². The minimum atomic E-state index is -4.55. The average molecular weight is 402 g/mol. The van der Waals surface area contributed by atoms with Crippen LogP contribution in [0.3, 0.4) is 0 Å². The summed E-state index contributed by atoms with van der Waals surface area (Å²) < 4.78 is 40.0. The first-order valence-electron chi connectivity index (χ1n) is 8.61. The molecule has 2 aromatic heterocycles. The van der Waals surface area contributed by atoms with Crippen LogP contribution in [0.2, 0.25) is 0 Å². The highest BCUT2D eigenvalue weighted by Gasteiger charge is 2.32. The number of anilines is 2. The molecule has 0 saturated carbocycles. The van der Waals surface area contributed by atoms with Gasteiger partial charge in [-0.1, -0.05) is 6.07 Å². The Morgan fingerprint density at radius 3 is 2.79 bits per heavy atom. The number of nitrogens with zero attached hydrogens (tertiary/aromatic N) is 5. The van der Waals surface area contributed by atoms with Gasteiger partial charge in [0, 0.05) is 23.6 Å². The summed E-state index contributed by atoms with van der Waals surface area (Å²) in [6, 6.07) is 8.10. The van der Waals surface area contributed by atoms with Crippen molar-refractivity contribution in [1.29, 1.82) is 5.26 Å². The summed E-state index contributed by atoms with van der Waals surface area (Å²) in [4.78, 5) is 7.35. The Morgan fingerprint density at radius 2 is 2.07 bits per heavy atom. The van der Waals surface area contributed by atoms with Crippen LogP contribution in [0.5, 0.6) is 0 Å². The van der Waals surface area contributed by atoms with Gasteiger partial charge in [-0.25, -0.2) is 9.97 Å². The quantitative estimate of drug-likeness (QED) is 0.652. The summed E-state index contributed by atoms with van der Waals surface area (Å²) in [5, 5.41) is 25.3. The van der Waals surface area contributed by atoms with Gasteiger partial charge in [0.2, 0.25) is 5.95 Å². The van der Waals surface area contributed by atoms with E-state index < -0.39 is 18.0 Å². The van der Waals surface area contributed by atoms with Crippen molar-refractivity contribution in [2.24, 2.45) is 0 Å². The van der Waals surface area contributed by atoms with Crippen LogP contribution in [0.4, 0.5) is 24.8 Å². The van der Waals surface area contributed by atoms with Gasteiger partial charge in [0.05, 0.1) is 31.3 Å². The highest BCUT2D eigenvalue weighted by molar-refractivity contribution is 5.70. The van der Waals surface area contributed by atoms with E-state index in [-0.39, 0.29) is 18.9 Å². The van der Waals surface area contributed by atoms with Gasteiger partial charge >= 0.3 is 6.18 Å². The minimum Gasteiger partial charge on any atom is -0.390 e. The summed E-state index contributed by atoms with van der Waals surface area (Å²) in [6.07, 6.45) is -0.989. The molecule has 0 unspecified atom stereocenters. The summed E-state index contributed by atoms with van der Waals surface area (Å²) in [6.45, 7) is 2.03. The fourth-order valence-electron chi connectivity index (χ4n) is 2.73. The molecule has 0 bridgehead atoms. The average Bonchev–Trinajstić information content (AvgIpc) is 3.09. The van der Waals surface area contributed by atoms with E-state index in [1.807, 2.05) is 19.1 Å². The van der Waals surface area contributed by atoms with Crippen molar-refractivity contribution >= 4 is 11.6 Å². The van der Waals surface area contributed by atoms with Crippen molar-refractivity contribution in [2.45, 2.75) is 32.2 Å². The summed E-state index contributed by atoms with van der Waals surface area (Å²) >= 11 is 0. The van der Waals surface area contributed by atoms with Crippen molar-refractivity contribution in [1.82, 2.24) is 19.7 Å². The Bertz CT molecular complexity index is 1040. The van der Waals surface area contributed by atoms with Crippen molar-refractivity contribution in [3.05, 3.63) is 54.1 Å². The van der Waals surface area contributed by atoms with Gasteiger partial charge in [-0.05, 0) is 36.2 Å². The number of aliphatic hydroxyl groups is 1. The van der Waals surface area contributed by atoms with E-state index in [0.29, 0.717) is 5.69 Å². The number of benzene rings is 1. The molecule has 1 aromatic carbocycles. The Morgan fingerprint density at radius 1 is 1.28 bits per heavy atom. The molecule has 10 heteroatoms. The third kappa shape index (κ3) is 5.30. The highest BCUT2D eigenvalue weighted by atomic mass is 19.4. The third-order valence-corrected chi connectivity index (χ3v) is 3.97. The number of nitriles is 1. The number of alkyl halides is 3. The number of hydrogen-bond acceptors (Lipinski definition) is 6. The predicted octanol–water partition coefficient (Wildman–Crippen LogP) is 3.69. The fourth-order valence-corrected chi connectivity index (χ4v) is 2.73. The molecule has 3 rings (SSSR count). The molecule has 29 heavy (non-hydrogen) atoms. The van der Waals surface area contributed by atoms with Crippen LogP contribution >= 0.6 is 0 Å². The molecule has 0 aliphatic rings. The van der Waals surface area contributed by atoms with E-state index in [1.165, 1.54) is 4.68 Å². The van der Waals surface area contributed by atoms with Crippen LogP contribution in [-0.4, -0.2) is 31.0 Å². The zero-order chi connectivity index (χ0) is 21.0. The van der Waals surface area contributed by atoms with Crippen LogP contribution in [0.25, 0.3) is 11.1 Å². The molecule has 2 N–H and O–H groups in total. The van der Waals surface area contributed by atoms with Gasteiger partial charge in [-0.15, -0.1) is 0 Å². The Labute approximate surface area is 164 Å². The second-order valence-corrected chi connectivity index (χ2v) is 6.44. The maximum Gasteiger partial charge on any atom is 0.433 e. The first-order chi connectivity index (χ1) is 13.7. The summed E-state index contributed by atoms with van der Waals surface area (Å²) in [5.41, 5.74) is 1.90.